The first-order valence-corrected chi connectivity index (χ1v) is 10.5. The average Bonchev–Trinajstić information content (AvgIpc) is 3.22. The highest BCUT2D eigenvalue weighted by Gasteiger charge is 2.35. The van der Waals surface area contributed by atoms with E-state index in [1.165, 1.54) is 6.07 Å². The van der Waals surface area contributed by atoms with Crippen molar-refractivity contribution in [3.8, 4) is 16.9 Å². The van der Waals surface area contributed by atoms with Crippen LogP contribution >= 0.6 is 0 Å². The van der Waals surface area contributed by atoms with Gasteiger partial charge in [-0.3, -0.25) is 9.69 Å². The van der Waals surface area contributed by atoms with E-state index in [1.807, 2.05) is 6.92 Å². The molecule has 1 heterocycles. The zero-order valence-electron chi connectivity index (χ0n) is 17.5. The van der Waals surface area contributed by atoms with Crippen molar-refractivity contribution in [3.05, 3.63) is 53.1 Å². The third-order valence-electron chi connectivity index (χ3n) is 5.46. The summed E-state index contributed by atoms with van der Waals surface area (Å²) in [6, 6.07) is 9.05. The molecule has 3 rings (SSSR count). The van der Waals surface area contributed by atoms with E-state index in [0.717, 1.165) is 32.0 Å². The lowest BCUT2D eigenvalue weighted by molar-refractivity contribution is -0.137. The molecule has 0 radical (unpaired) electrons. The van der Waals surface area contributed by atoms with Gasteiger partial charge in [-0.15, -0.1) is 0 Å². The molecule has 3 nitrogen and oxygen atoms in total. The molecular weight excluding hydrogens is 391 g/mol. The smallest absolute Gasteiger partial charge is 0.417 e. The summed E-state index contributed by atoms with van der Waals surface area (Å²) in [5, 5.41) is 0. The van der Waals surface area contributed by atoms with Crippen molar-refractivity contribution < 1.29 is 22.7 Å². The van der Waals surface area contributed by atoms with Gasteiger partial charge in [0.1, 0.15) is 12.4 Å². The van der Waals surface area contributed by atoms with Gasteiger partial charge in [0.05, 0.1) is 5.56 Å². The van der Waals surface area contributed by atoms with E-state index in [1.54, 1.807) is 31.2 Å². The van der Waals surface area contributed by atoms with Crippen LogP contribution in [0.15, 0.2) is 36.4 Å². The van der Waals surface area contributed by atoms with Crippen LogP contribution in [-0.4, -0.2) is 36.9 Å². The molecule has 0 atom stereocenters. The van der Waals surface area contributed by atoms with Crippen molar-refractivity contribution in [1.82, 2.24) is 4.90 Å². The molecule has 0 aliphatic carbocycles. The number of carbonyl (C=O) groups excluding carboxylic acids is 1. The lowest BCUT2D eigenvalue weighted by atomic mass is 9.94. The molecule has 0 spiro atoms. The number of halogens is 3. The molecule has 30 heavy (non-hydrogen) atoms. The molecule has 0 unspecified atom stereocenters. The van der Waals surface area contributed by atoms with Crippen molar-refractivity contribution in [1.29, 1.82) is 0 Å². The van der Waals surface area contributed by atoms with Gasteiger partial charge in [0, 0.05) is 18.5 Å². The number of Topliss-reactive ketones (excluding diaryl/α,β-unsaturated/α-hetero) is 1. The summed E-state index contributed by atoms with van der Waals surface area (Å²) in [5.74, 6) is 0.190. The van der Waals surface area contributed by atoms with Crippen LogP contribution < -0.4 is 4.74 Å². The minimum atomic E-state index is -4.53. The number of nitrogens with zero attached hydrogens (tertiary/aromatic N) is 1. The number of likely N-dealkylation sites (tertiary alicyclic amines) is 1. The Bertz CT molecular complexity index is 887. The zero-order chi connectivity index (χ0) is 21.7. The van der Waals surface area contributed by atoms with Crippen LogP contribution in [0.5, 0.6) is 5.75 Å². The normalized spacial score (nSPS) is 14.8. The number of rotatable bonds is 8. The lowest BCUT2D eigenvalue weighted by Gasteiger charge is -2.19. The molecule has 1 aliphatic heterocycles. The van der Waals surface area contributed by atoms with Gasteiger partial charge >= 0.3 is 6.18 Å². The van der Waals surface area contributed by atoms with Crippen LogP contribution in [0.3, 0.4) is 0 Å². The highest BCUT2D eigenvalue weighted by molar-refractivity contribution is 5.97. The van der Waals surface area contributed by atoms with Crippen LogP contribution in [0, 0.1) is 6.92 Å². The second-order valence-corrected chi connectivity index (χ2v) is 7.81. The van der Waals surface area contributed by atoms with Gasteiger partial charge in [-0.1, -0.05) is 25.1 Å². The van der Waals surface area contributed by atoms with Crippen LogP contribution in [0.2, 0.25) is 0 Å². The van der Waals surface area contributed by atoms with E-state index in [-0.39, 0.29) is 17.1 Å². The van der Waals surface area contributed by atoms with Crippen molar-refractivity contribution in [2.45, 2.75) is 45.7 Å². The van der Waals surface area contributed by atoms with Crippen molar-refractivity contribution in [2.24, 2.45) is 0 Å². The van der Waals surface area contributed by atoms with Gasteiger partial charge in [-0.2, -0.15) is 13.2 Å². The SMILES string of the molecule is CCCC(=O)c1cccc(-c2cc(C)c(OCCN3CCCC3)cc2C(F)(F)F)c1. The highest BCUT2D eigenvalue weighted by Crippen LogP contribution is 2.41. The number of carbonyl (C=O) groups is 1. The molecule has 1 aliphatic rings. The average molecular weight is 419 g/mol. The van der Waals surface area contributed by atoms with Gasteiger partial charge in [-0.25, -0.2) is 0 Å². The minimum absolute atomic E-state index is 0.0634. The minimum Gasteiger partial charge on any atom is -0.492 e. The van der Waals surface area contributed by atoms with Crippen molar-refractivity contribution in [2.75, 3.05) is 26.2 Å². The molecule has 0 bridgehead atoms. The first-order valence-electron chi connectivity index (χ1n) is 10.5. The number of alkyl halides is 3. The van der Waals surface area contributed by atoms with E-state index >= 15 is 0 Å². The third-order valence-corrected chi connectivity index (χ3v) is 5.46. The Hall–Kier alpha value is -2.34. The van der Waals surface area contributed by atoms with Gasteiger partial charge in [0.15, 0.2) is 5.78 Å². The van der Waals surface area contributed by atoms with Gasteiger partial charge in [0.25, 0.3) is 0 Å². The Morgan fingerprint density at radius 2 is 1.87 bits per heavy atom. The van der Waals surface area contributed by atoms with Crippen LogP contribution in [0.25, 0.3) is 11.1 Å². The van der Waals surface area contributed by atoms with Crippen LogP contribution in [0.1, 0.15) is 54.1 Å². The van der Waals surface area contributed by atoms with Gasteiger partial charge in [-0.05, 0) is 74.2 Å². The maximum absolute atomic E-state index is 13.9. The fraction of sp³-hybridized carbons (Fsp3) is 0.458. The van der Waals surface area contributed by atoms with Gasteiger partial charge < -0.3 is 4.74 Å². The van der Waals surface area contributed by atoms with E-state index in [9.17, 15) is 18.0 Å². The molecule has 162 valence electrons. The van der Waals surface area contributed by atoms with Crippen LogP contribution in [-0.2, 0) is 6.18 Å². The maximum Gasteiger partial charge on any atom is 0.417 e. The molecule has 2 aromatic carbocycles. The molecule has 2 aromatic rings. The molecule has 1 fully saturated rings. The second kappa shape index (κ2) is 9.65. The van der Waals surface area contributed by atoms with E-state index in [2.05, 4.69) is 4.90 Å². The summed E-state index contributed by atoms with van der Waals surface area (Å²) >= 11 is 0. The van der Waals surface area contributed by atoms with Crippen molar-refractivity contribution in [3.63, 3.8) is 0 Å². The molecule has 0 N–H and O–H groups in total. The summed E-state index contributed by atoms with van der Waals surface area (Å²) in [5.41, 5.74) is 0.786. The fourth-order valence-electron chi connectivity index (χ4n) is 3.84. The largest absolute Gasteiger partial charge is 0.492 e. The summed E-state index contributed by atoms with van der Waals surface area (Å²) in [7, 11) is 0. The molecule has 0 saturated carbocycles. The standard InChI is InChI=1S/C24H28F3NO2/c1-3-7-22(29)19-9-6-8-18(15-19)20-14-17(2)23(16-21(20)24(25,26)27)30-13-12-28-10-4-5-11-28/h6,8-9,14-16H,3-5,7,10-13H2,1-2H3. The number of hydrogen-bond donors (Lipinski definition) is 0. The third kappa shape index (κ3) is 5.42. The quantitative estimate of drug-likeness (QED) is 0.482. The van der Waals surface area contributed by atoms with E-state index in [0.29, 0.717) is 42.7 Å². The lowest BCUT2D eigenvalue weighted by Crippen LogP contribution is -2.25. The Morgan fingerprint density at radius 3 is 2.53 bits per heavy atom. The second-order valence-electron chi connectivity index (χ2n) is 7.81. The molecule has 0 amide bonds. The number of benzene rings is 2. The Balaban J connectivity index is 1.90. The van der Waals surface area contributed by atoms with Crippen molar-refractivity contribution >= 4 is 5.78 Å². The number of ether oxygens (including phenoxy) is 1. The maximum atomic E-state index is 13.9. The van der Waals surface area contributed by atoms with E-state index in [4.69, 9.17) is 4.74 Å². The monoisotopic (exact) mass is 419 g/mol. The topological polar surface area (TPSA) is 29.5 Å². The predicted octanol–water partition coefficient (Wildman–Crippen LogP) is 6.14. The Labute approximate surface area is 175 Å². The molecular formula is C24H28F3NO2. The fourth-order valence-corrected chi connectivity index (χ4v) is 3.84. The molecule has 1 saturated heterocycles. The predicted molar refractivity (Wildman–Crippen MR) is 112 cm³/mol. The Morgan fingerprint density at radius 1 is 1.13 bits per heavy atom. The Kier molecular flexibility index (Phi) is 7.19. The zero-order valence-corrected chi connectivity index (χ0v) is 17.5. The summed E-state index contributed by atoms with van der Waals surface area (Å²) in [6.45, 7) is 6.75. The van der Waals surface area contributed by atoms with E-state index < -0.39 is 11.7 Å². The number of aryl methyl sites for hydroxylation is 1. The number of ketones is 1. The summed E-state index contributed by atoms with van der Waals surface area (Å²) in [4.78, 5) is 14.5. The molecule has 0 aromatic heterocycles. The van der Waals surface area contributed by atoms with Gasteiger partial charge in [0.2, 0.25) is 0 Å². The molecule has 6 heteroatoms. The number of hydrogen-bond acceptors (Lipinski definition) is 3. The highest BCUT2D eigenvalue weighted by atomic mass is 19.4. The summed E-state index contributed by atoms with van der Waals surface area (Å²) < 4.78 is 47.3. The van der Waals surface area contributed by atoms with Crippen LogP contribution in [0.4, 0.5) is 13.2 Å². The summed E-state index contributed by atoms with van der Waals surface area (Å²) in [6.07, 6.45) is -1.14. The first-order chi connectivity index (χ1) is 14.3. The first kappa shape index (κ1) is 22.3.